The molecule has 0 spiro atoms. The molecular formula is C27H28Cl2N8O2S. The second-order valence-electron chi connectivity index (χ2n) is 10.4. The van der Waals surface area contributed by atoms with Gasteiger partial charge in [0.1, 0.15) is 5.15 Å². The average molecular weight is 600 g/mol. The molecule has 2 aliphatic rings. The SMILES string of the molecule is CSNC(=O)c1nc(Cl)ccc1NC(C)c1cc(Cl)cc2c(=O)n(C)c(N3CC4C(C3)C4c3ccn(C)n3)nc12. The predicted octanol–water partition coefficient (Wildman–Crippen LogP) is 4.40. The standard InChI is InChI=1S/C27H28Cl2N8O2S/c1-13(30-20-5-6-21(29)31-24(20)25(38)34-40-4)15-9-14(28)10-16-23(15)32-27(36(3)26(16)39)37-11-17-18(12-37)22(17)19-7-8-35(2)33-19/h5-10,13,17-18,22,30H,11-12H2,1-4H3,(H,34,38). The Bertz CT molecular complexity index is 1690. The smallest absolute Gasteiger partial charge is 0.281 e. The first kappa shape index (κ1) is 26.9. The van der Waals surface area contributed by atoms with Gasteiger partial charge >= 0.3 is 0 Å². The number of benzene rings is 1. The van der Waals surface area contributed by atoms with Crippen LogP contribution in [-0.4, -0.2) is 49.6 Å². The number of piperidine rings is 1. The Morgan fingerprint density at radius 2 is 1.88 bits per heavy atom. The molecule has 4 aromatic rings. The van der Waals surface area contributed by atoms with E-state index < -0.39 is 0 Å². The number of pyridine rings is 1. The van der Waals surface area contributed by atoms with Gasteiger partial charge in [-0.25, -0.2) is 9.97 Å². The van der Waals surface area contributed by atoms with Crippen LogP contribution in [0.5, 0.6) is 0 Å². The first-order valence-electron chi connectivity index (χ1n) is 12.9. The summed E-state index contributed by atoms with van der Waals surface area (Å²) in [6.07, 6.45) is 3.73. The number of anilines is 2. The minimum Gasteiger partial charge on any atom is -0.377 e. The number of fused-ring (bicyclic) bond motifs is 2. The summed E-state index contributed by atoms with van der Waals surface area (Å²) in [7, 11) is 3.69. The van der Waals surface area contributed by atoms with Crippen molar-refractivity contribution in [2.24, 2.45) is 25.9 Å². The summed E-state index contributed by atoms with van der Waals surface area (Å²) in [5.74, 6) is 1.71. The van der Waals surface area contributed by atoms with Crippen LogP contribution >= 0.6 is 35.1 Å². The number of rotatable bonds is 7. The van der Waals surface area contributed by atoms with Crippen LogP contribution in [0.1, 0.15) is 40.6 Å². The monoisotopic (exact) mass is 598 g/mol. The average Bonchev–Trinajstić information content (AvgIpc) is 3.21. The summed E-state index contributed by atoms with van der Waals surface area (Å²) in [5.41, 5.74) is 2.96. The van der Waals surface area contributed by atoms with Crippen LogP contribution in [0.2, 0.25) is 10.2 Å². The third-order valence-corrected chi connectivity index (χ3v) is 8.63. The largest absolute Gasteiger partial charge is 0.377 e. The van der Waals surface area contributed by atoms with E-state index in [-0.39, 0.29) is 28.4 Å². The summed E-state index contributed by atoms with van der Waals surface area (Å²) in [5, 5.41) is 9.03. The fraction of sp³-hybridized carbons (Fsp3) is 0.370. The molecule has 2 N–H and O–H groups in total. The van der Waals surface area contributed by atoms with E-state index in [0.29, 0.717) is 45.3 Å². The van der Waals surface area contributed by atoms with E-state index in [1.54, 1.807) is 42.1 Å². The quantitative estimate of drug-likeness (QED) is 0.238. The Labute approximate surface area is 245 Å². The molecular weight excluding hydrogens is 571 g/mol. The molecule has 3 atom stereocenters. The Morgan fingerprint density at radius 3 is 2.55 bits per heavy atom. The van der Waals surface area contributed by atoms with Crippen molar-refractivity contribution in [2.75, 3.05) is 29.6 Å². The summed E-state index contributed by atoms with van der Waals surface area (Å²) < 4.78 is 6.13. The van der Waals surface area contributed by atoms with Crippen LogP contribution in [0, 0.1) is 11.8 Å². The first-order chi connectivity index (χ1) is 19.2. The maximum atomic E-state index is 13.5. The Kier molecular flexibility index (Phi) is 6.92. The number of hydrogen-bond acceptors (Lipinski definition) is 8. The molecule has 1 saturated carbocycles. The highest BCUT2D eigenvalue weighted by molar-refractivity contribution is 7.97. The third-order valence-electron chi connectivity index (χ3n) is 7.81. The molecule has 4 heterocycles. The van der Waals surface area contributed by atoms with Crippen molar-refractivity contribution in [3.63, 3.8) is 0 Å². The lowest BCUT2D eigenvalue weighted by atomic mass is 10.0. The van der Waals surface area contributed by atoms with Gasteiger partial charge in [0.15, 0.2) is 5.69 Å². The van der Waals surface area contributed by atoms with Gasteiger partial charge in [-0.05, 0) is 49.1 Å². The summed E-state index contributed by atoms with van der Waals surface area (Å²) >= 11 is 13.7. The lowest BCUT2D eigenvalue weighted by molar-refractivity contribution is 0.0980. The molecule has 0 bridgehead atoms. The molecule has 1 amide bonds. The van der Waals surface area contributed by atoms with Crippen molar-refractivity contribution in [3.05, 3.63) is 74.0 Å². The van der Waals surface area contributed by atoms with E-state index in [4.69, 9.17) is 28.2 Å². The van der Waals surface area contributed by atoms with Crippen molar-refractivity contribution >= 4 is 63.6 Å². The minimum atomic E-state index is -0.369. The molecule has 13 heteroatoms. The number of aromatic nitrogens is 5. The van der Waals surface area contributed by atoms with E-state index in [0.717, 1.165) is 24.3 Å². The van der Waals surface area contributed by atoms with E-state index in [2.05, 4.69) is 31.1 Å². The molecule has 208 valence electrons. The number of hydrogen-bond donors (Lipinski definition) is 2. The number of halogens is 2. The van der Waals surface area contributed by atoms with Gasteiger partial charge in [-0.1, -0.05) is 35.1 Å². The fourth-order valence-electron chi connectivity index (χ4n) is 5.88. The van der Waals surface area contributed by atoms with Crippen LogP contribution in [0.25, 0.3) is 10.9 Å². The van der Waals surface area contributed by atoms with E-state index >= 15 is 0 Å². The number of nitrogens with one attached hydrogen (secondary N) is 2. The normalized spacial score (nSPS) is 20.4. The van der Waals surface area contributed by atoms with Gasteiger partial charge in [0, 0.05) is 56.1 Å². The highest BCUT2D eigenvalue weighted by Gasteiger charge is 2.57. The summed E-state index contributed by atoms with van der Waals surface area (Å²) in [6.45, 7) is 3.56. The molecule has 1 saturated heterocycles. The first-order valence-corrected chi connectivity index (χ1v) is 14.9. The molecule has 10 nitrogen and oxygen atoms in total. The molecule has 1 aromatic carbocycles. The Hall–Kier alpha value is -3.28. The van der Waals surface area contributed by atoms with E-state index in [1.165, 1.54) is 11.9 Å². The molecule has 1 aliphatic heterocycles. The van der Waals surface area contributed by atoms with Gasteiger partial charge in [-0.2, -0.15) is 5.10 Å². The van der Waals surface area contributed by atoms with Crippen LogP contribution < -0.4 is 20.5 Å². The van der Waals surface area contributed by atoms with Gasteiger partial charge in [-0.3, -0.25) is 23.6 Å². The maximum absolute atomic E-state index is 13.5. The van der Waals surface area contributed by atoms with Crippen LogP contribution in [-0.2, 0) is 14.1 Å². The fourth-order valence-corrected chi connectivity index (χ4v) is 6.54. The Morgan fingerprint density at radius 1 is 1.12 bits per heavy atom. The lowest BCUT2D eigenvalue weighted by Crippen LogP contribution is -2.32. The number of carbonyl (C=O) groups is 1. The van der Waals surface area contributed by atoms with Crippen molar-refractivity contribution in [1.82, 2.24) is 29.0 Å². The second kappa shape index (κ2) is 10.3. The molecule has 6 rings (SSSR count). The van der Waals surface area contributed by atoms with E-state index in [1.807, 2.05) is 24.9 Å². The van der Waals surface area contributed by atoms with Crippen LogP contribution in [0.4, 0.5) is 11.6 Å². The molecule has 40 heavy (non-hydrogen) atoms. The number of carbonyl (C=O) groups excluding carboxylic acids is 1. The van der Waals surface area contributed by atoms with Crippen molar-refractivity contribution in [3.8, 4) is 0 Å². The van der Waals surface area contributed by atoms with Crippen LogP contribution in [0.3, 0.4) is 0 Å². The molecule has 0 radical (unpaired) electrons. The second-order valence-corrected chi connectivity index (χ2v) is 11.8. The van der Waals surface area contributed by atoms with E-state index in [9.17, 15) is 9.59 Å². The van der Waals surface area contributed by atoms with Crippen LogP contribution in [0.15, 0.2) is 41.3 Å². The number of nitrogens with zero attached hydrogens (tertiary/aromatic N) is 6. The molecule has 3 aromatic heterocycles. The Balaban J connectivity index is 1.33. The van der Waals surface area contributed by atoms with Gasteiger partial charge in [0.25, 0.3) is 11.5 Å². The van der Waals surface area contributed by atoms with Gasteiger partial charge < -0.3 is 10.2 Å². The van der Waals surface area contributed by atoms with Gasteiger partial charge in [-0.15, -0.1) is 0 Å². The topological polar surface area (TPSA) is 110 Å². The highest BCUT2D eigenvalue weighted by Crippen LogP contribution is 2.58. The van der Waals surface area contributed by atoms with Crippen molar-refractivity contribution < 1.29 is 4.79 Å². The minimum absolute atomic E-state index is 0.161. The van der Waals surface area contributed by atoms with Crippen molar-refractivity contribution in [1.29, 1.82) is 0 Å². The summed E-state index contributed by atoms with van der Waals surface area (Å²) in [6, 6.07) is 8.52. The molecule has 1 aliphatic carbocycles. The zero-order valence-electron chi connectivity index (χ0n) is 22.4. The highest BCUT2D eigenvalue weighted by atomic mass is 35.5. The molecule has 3 unspecified atom stereocenters. The zero-order valence-corrected chi connectivity index (χ0v) is 24.7. The summed E-state index contributed by atoms with van der Waals surface area (Å²) in [4.78, 5) is 37.6. The van der Waals surface area contributed by atoms with Gasteiger partial charge in [0.05, 0.1) is 28.3 Å². The van der Waals surface area contributed by atoms with Crippen molar-refractivity contribution in [2.45, 2.75) is 18.9 Å². The lowest BCUT2D eigenvalue weighted by Gasteiger charge is -2.24. The van der Waals surface area contributed by atoms with Gasteiger partial charge in [0.2, 0.25) is 5.95 Å². The predicted molar refractivity (Wildman–Crippen MR) is 159 cm³/mol. The number of aryl methyl sites for hydroxylation is 1. The number of amides is 1. The third kappa shape index (κ3) is 4.69. The molecule has 2 fully saturated rings. The zero-order chi connectivity index (χ0) is 28.3. The maximum Gasteiger partial charge on any atom is 0.281 e.